The van der Waals surface area contributed by atoms with Gasteiger partial charge in [-0.3, -0.25) is 14.4 Å². The number of nitrogens with one attached hydrogen (secondary N) is 3. The minimum Gasteiger partial charge on any atom is -0.540 e. The maximum atomic E-state index is 15.6. The Kier molecular flexibility index (Phi) is 32.7. The molecule has 30 nitrogen and oxygen atoms in total. The van der Waals surface area contributed by atoms with Crippen molar-refractivity contribution in [1.29, 1.82) is 0 Å². The van der Waals surface area contributed by atoms with Gasteiger partial charge in [-0.25, -0.2) is 89.5 Å². The van der Waals surface area contributed by atoms with Crippen LogP contribution < -0.4 is 44.4 Å². The molecule has 6 saturated carbocycles. The zero-order valence-electron chi connectivity index (χ0n) is 82.9. The van der Waals surface area contributed by atoms with Gasteiger partial charge in [0.2, 0.25) is 35.4 Å². The van der Waals surface area contributed by atoms with Crippen LogP contribution in [0.4, 0.5) is 40.7 Å². The number of alkyl carbamates (subject to hydrolysis) is 3. The first-order valence-corrected chi connectivity index (χ1v) is 49.0. The Labute approximate surface area is 854 Å². The van der Waals surface area contributed by atoms with Gasteiger partial charge in [0, 0.05) is 97.5 Å². The topological polar surface area (TPSA) is 360 Å². The molecule has 9 fully saturated rings. The van der Waals surface area contributed by atoms with Crippen molar-refractivity contribution in [3.63, 3.8) is 0 Å². The first kappa shape index (κ1) is 109. The molecule has 3 aromatic heterocycles. The fraction of sp³-hybridized carbons (Fsp3) is 0.676. The number of nitrogens with zero attached hydrogens (tertiary/aromatic N) is 9. The monoisotopic (exact) mass is 2080 g/mol. The Balaban J connectivity index is 0.000000176. The molecule has 0 spiro atoms. The van der Waals surface area contributed by atoms with Crippen LogP contribution in [0.3, 0.4) is 0 Å². The molecule has 6 bridgehead atoms. The van der Waals surface area contributed by atoms with E-state index in [1.54, 1.807) is 54.6 Å². The molecule has 6 amide bonds. The van der Waals surface area contributed by atoms with Crippen molar-refractivity contribution in [2.24, 2.45) is 69.5 Å². The molecular weight excluding hydrogens is 1950 g/mol. The molecule has 3 aromatic carbocycles. The van der Waals surface area contributed by atoms with Gasteiger partial charge in [-0.1, -0.05) is 140 Å². The summed E-state index contributed by atoms with van der Waals surface area (Å²) in [4.78, 5) is 152. The second-order valence-electron chi connectivity index (χ2n) is 43.6. The van der Waals surface area contributed by atoms with E-state index in [2.05, 4.69) is 35.9 Å². The number of halogens is 6. The molecule has 12 aliphatic rings. The molecule has 24 atom stereocenters. The average molecular weight is 2080 g/mol. The molecule has 765 valence electrons. The second kappa shape index (κ2) is 42.2. The average Bonchev–Trinajstić information content (AvgIpc) is 1.56. The summed E-state index contributed by atoms with van der Waals surface area (Å²) in [5.41, 5.74) is -0.889. The third-order valence-electron chi connectivity index (χ3n) is 31.6. The number of methoxy groups -OCH3 is 3. The van der Waals surface area contributed by atoms with Crippen LogP contribution in [0.25, 0.3) is 33.1 Å². The van der Waals surface area contributed by atoms with Crippen LogP contribution >= 0.6 is 0 Å². The van der Waals surface area contributed by atoms with Gasteiger partial charge in [0.15, 0.2) is 0 Å². The molecule has 6 aromatic rings. The van der Waals surface area contributed by atoms with Gasteiger partial charge in [0.1, 0.15) is 88.1 Å². The van der Waals surface area contributed by atoms with Gasteiger partial charge in [0.25, 0.3) is 17.8 Å². The van der Waals surface area contributed by atoms with Crippen molar-refractivity contribution in [1.82, 2.24) is 60.6 Å². The van der Waals surface area contributed by atoms with Crippen molar-refractivity contribution < 1.29 is 168 Å². The van der Waals surface area contributed by atoms with Gasteiger partial charge in [-0.2, -0.15) is 0 Å². The quantitative estimate of drug-likeness (QED) is 0.0687. The molecule has 141 heavy (non-hydrogen) atoms. The van der Waals surface area contributed by atoms with E-state index in [0.29, 0.717) is 127 Å². The van der Waals surface area contributed by atoms with Gasteiger partial charge in [0.05, 0.1) is 91.8 Å². The van der Waals surface area contributed by atoms with E-state index >= 15 is 26.3 Å². The minimum absolute atomic E-state index is 0. The van der Waals surface area contributed by atoms with E-state index in [0.717, 1.165) is 25.7 Å². The normalized spacial score (nSPS) is 33.2. The van der Waals surface area contributed by atoms with Crippen LogP contribution in [-0.4, -0.2) is 230 Å². The first-order chi connectivity index (χ1) is 65.3. The molecule has 39 heteroatoms. The number of fused-ring (bicyclic) bond motifs is 21. The van der Waals surface area contributed by atoms with Crippen molar-refractivity contribution in [2.75, 3.05) is 41.0 Å². The molecule has 6 aliphatic carbocycles. The Bertz CT molecular complexity index is 5650. The minimum atomic E-state index is -3.01. The van der Waals surface area contributed by atoms with Crippen molar-refractivity contribution >= 4 is 88.0 Å². The van der Waals surface area contributed by atoms with Gasteiger partial charge >= 0.3 is 18.3 Å². The second-order valence-corrected chi connectivity index (χ2v) is 43.6. The summed E-state index contributed by atoms with van der Waals surface area (Å²) >= 11 is 0. The predicted octanol–water partition coefficient (Wildman–Crippen LogP) is 16.7. The van der Waals surface area contributed by atoms with E-state index in [1.165, 1.54) is 36.0 Å². The van der Waals surface area contributed by atoms with Crippen LogP contribution in [0.15, 0.2) is 54.6 Å². The largest absolute Gasteiger partial charge is 0.540 e. The standard InChI is InChI=1S/C35H45F2N4O6.C34H43F2N4O6.C33H41F2N4O6.3V/c1-7-21-25(18-42)41-17-26(21)46-30-28(38-23-14-13-20(45-6)16-24(23)39-30)27-22(35(27,36)37)12-8-10-19-11-9-15-34(19,5)47-32(44)40-29(31(41)43)33(2,3)4;1-6-20-24(17-41)40-16-26(20)45-30-28(37-22-14-13-19(44-5)15-23(22)38-30)27-21(34(27,35)36)11-7-9-18-10-8-12-25(18)46-32(43)39-29(31(40)42)33(2,3)4;1-7-19-23(16-40)39-15-24(19)44-28-26(36-21-12-11-18(43-6)13-22(21)37-28)25-20(33(25,34)35)10-8-9-17-14-32(17,5)45-30(42)38-27(29(39)41)31(2,3)4;;;/h13-14,16,19,21-22,25-27,29H,7-12,15,17H2,1-6H3,(H,40,44);13-15,18,20-21,24-27,29H,6-12,16H2,1-5H3,(H,39,43);11-13,17,19-20,23-25,27H,7-10,14-15H2,1-6H3,(H,38,42);;;/q3*-1;;;/t19-,21+,22?,25-,26+,27?,29-,34-;18-,20+,21?,24-,25-,26+,27?,29-;17-,19+,20?,23-,24+,25?,27-,32-;;;/m111.../s1. The molecule has 9 heterocycles. The summed E-state index contributed by atoms with van der Waals surface area (Å²) in [5.74, 6) is -16.7. The van der Waals surface area contributed by atoms with E-state index in [1.807, 2.05) is 116 Å². The number of amides is 6. The Morgan fingerprint density at radius 3 is 1.04 bits per heavy atom. The van der Waals surface area contributed by atoms with Crippen LogP contribution in [0.1, 0.15) is 254 Å². The number of hydrogen-bond acceptors (Lipinski definition) is 24. The number of ether oxygens (including phenoxy) is 9. The van der Waals surface area contributed by atoms with Crippen molar-refractivity contribution in [3.05, 3.63) is 71.7 Å². The van der Waals surface area contributed by atoms with Gasteiger partial charge in [-0.05, 0) is 180 Å². The Morgan fingerprint density at radius 2 is 0.709 bits per heavy atom. The van der Waals surface area contributed by atoms with E-state index in [9.17, 15) is 43.2 Å². The van der Waals surface area contributed by atoms with Gasteiger partial charge in [-0.15, -0.1) is 0 Å². The summed E-state index contributed by atoms with van der Waals surface area (Å²) < 4.78 is 147. The summed E-state index contributed by atoms with van der Waals surface area (Å²) in [6, 6.07) is 9.21. The van der Waals surface area contributed by atoms with Gasteiger partial charge < -0.3 is 87.7 Å². The number of alkyl halides is 6. The number of carbonyl (C=O) groups excluding carboxylic acids is 9. The van der Waals surface area contributed by atoms with Crippen LogP contribution in [0, 0.1) is 69.5 Å². The predicted molar refractivity (Wildman–Crippen MR) is 493 cm³/mol. The molecule has 3 saturated heterocycles. The third kappa shape index (κ3) is 21.8. The number of aromatic nitrogens is 6. The van der Waals surface area contributed by atoms with E-state index in [-0.39, 0.29) is 153 Å². The van der Waals surface area contributed by atoms with E-state index in [4.69, 9.17) is 52.6 Å². The van der Waals surface area contributed by atoms with Crippen LogP contribution in [0.5, 0.6) is 34.9 Å². The molecular formula is C102H129F6N12O18V3-3. The number of benzene rings is 3. The van der Waals surface area contributed by atoms with Crippen LogP contribution in [0.2, 0.25) is 0 Å². The SMILES string of the molecule is CC[C@@H]1[C@@H]2CN(C(=O)[C@H](C(C)(C)C)NC(=O)O[C@@H]3CCC[C@H]3CCCC3C(c4nc5ccc(OC)cc5nc4O2)C3(F)F)[C@@H]1[C-]=O.CC[C@@H]1[C@@H]2CN(C(=O)[C@H](C(C)(C)C)NC(=O)O[C@]3(C)CCC[C@H]3CCCC3C(c4nc5ccc(OC)cc5nc4O2)C3(F)F)[C@@H]1[C-]=O.CC[C@@H]1[C@@H]2CN(C(=O)[C@H](C(C)(C)C)NC(=O)O[C@]3(C)C[C@H]3CCCC3C(c4nc5ccc(OC)cc5nc4O2)C3(F)F)[C@@H]1[C-]=O.[V].[V].[V]. The Hall–Kier alpha value is -8.96. The molecule has 18 rings (SSSR count). The maximum absolute atomic E-state index is 15.6. The summed E-state index contributed by atoms with van der Waals surface area (Å²) in [6.45, 7) is 25.7. The third-order valence-corrected chi connectivity index (χ3v) is 31.6. The fourth-order valence-corrected chi connectivity index (χ4v) is 23.2. The molecule has 6 unspecified atom stereocenters. The zero-order chi connectivity index (χ0) is 99.3. The van der Waals surface area contributed by atoms with E-state index < -0.39 is 189 Å². The van der Waals surface area contributed by atoms with Crippen molar-refractivity contribution in [2.45, 2.75) is 326 Å². The number of rotatable bonds is 9. The summed E-state index contributed by atoms with van der Waals surface area (Å²) in [6.07, 6.45) is 12.3. The first-order valence-electron chi connectivity index (χ1n) is 49.0. The summed E-state index contributed by atoms with van der Waals surface area (Å²) in [5, 5.41) is 8.39. The fourth-order valence-electron chi connectivity index (χ4n) is 23.2. The smallest absolute Gasteiger partial charge is 0.408 e. The Morgan fingerprint density at radius 1 is 0.397 bits per heavy atom. The maximum Gasteiger partial charge on any atom is 0.408 e. The van der Waals surface area contributed by atoms with Crippen molar-refractivity contribution in [3.8, 4) is 34.9 Å². The molecule has 6 aliphatic heterocycles. The number of hydrogen-bond donors (Lipinski definition) is 3. The number of carbonyl (C=O) groups is 6. The molecule has 3 N–H and O–H groups in total. The zero-order valence-corrected chi connectivity index (χ0v) is 87.1. The van der Waals surface area contributed by atoms with Crippen LogP contribution in [-0.2, 0) is 98.6 Å². The summed E-state index contributed by atoms with van der Waals surface area (Å²) in [7, 11) is 4.56. The molecule has 3 radical (unpaired) electrons.